The van der Waals surface area contributed by atoms with Crippen LogP contribution in [0.5, 0.6) is 0 Å². The molecule has 7 nitrogen and oxygen atoms in total. The first-order valence-corrected chi connectivity index (χ1v) is 8.99. The molecule has 0 saturated carbocycles. The standard InChI is InChI=1S/C15H11F3N6OS2/c1-8(25)20-9-3-2-4-10(7-9)21-13-23-24-14(27-13)26-12-19-6-5-11(22-12)15(16,17)18/h2-7H,1H3,(H,20,25)(H,21,23). The summed E-state index contributed by atoms with van der Waals surface area (Å²) in [6, 6.07) is 7.78. The minimum Gasteiger partial charge on any atom is -0.330 e. The number of amides is 1. The zero-order chi connectivity index (χ0) is 19.4. The molecule has 2 heterocycles. The Morgan fingerprint density at radius 3 is 2.70 bits per heavy atom. The minimum atomic E-state index is -4.54. The lowest BCUT2D eigenvalue weighted by atomic mass is 10.3. The fourth-order valence-electron chi connectivity index (χ4n) is 1.93. The molecule has 0 atom stereocenters. The average molecular weight is 412 g/mol. The molecule has 0 saturated heterocycles. The highest BCUT2D eigenvalue weighted by Crippen LogP contribution is 2.33. The summed E-state index contributed by atoms with van der Waals surface area (Å²) in [5.74, 6) is -0.192. The van der Waals surface area contributed by atoms with Crippen LogP contribution < -0.4 is 10.6 Å². The molecule has 3 rings (SSSR count). The van der Waals surface area contributed by atoms with E-state index in [1.165, 1.54) is 6.92 Å². The smallest absolute Gasteiger partial charge is 0.330 e. The number of halogens is 3. The van der Waals surface area contributed by atoms with Gasteiger partial charge < -0.3 is 10.6 Å². The van der Waals surface area contributed by atoms with Crippen molar-refractivity contribution in [2.75, 3.05) is 10.6 Å². The number of aromatic nitrogens is 4. The van der Waals surface area contributed by atoms with Gasteiger partial charge >= 0.3 is 6.18 Å². The van der Waals surface area contributed by atoms with Crippen molar-refractivity contribution in [3.63, 3.8) is 0 Å². The SMILES string of the molecule is CC(=O)Nc1cccc(Nc2nnc(Sc3nccc(C(F)(F)F)n3)s2)c1. The lowest BCUT2D eigenvalue weighted by Gasteiger charge is -2.06. The van der Waals surface area contributed by atoms with Crippen LogP contribution in [-0.4, -0.2) is 26.1 Å². The van der Waals surface area contributed by atoms with Crippen molar-refractivity contribution in [1.29, 1.82) is 0 Å². The molecule has 0 fully saturated rings. The van der Waals surface area contributed by atoms with Gasteiger partial charge in [0.25, 0.3) is 0 Å². The van der Waals surface area contributed by atoms with E-state index in [1.807, 2.05) is 0 Å². The number of anilines is 3. The van der Waals surface area contributed by atoms with Crippen LogP contribution in [0.15, 0.2) is 46.0 Å². The van der Waals surface area contributed by atoms with Gasteiger partial charge in [0.15, 0.2) is 9.50 Å². The number of hydrogen-bond acceptors (Lipinski definition) is 8. The highest BCUT2D eigenvalue weighted by molar-refractivity contribution is 8.00. The van der Waals surface area contributed by atoms with Gasteiger partial charge in [-0.1, -0.05) is 17.4 Å². The van der Waals surface area contributed by atoms with E-state index in [4.69, 9.17) is 0 Å². The largest absolute Gasteiger partial charge is 0.433 e. The van der Waals surface area contributed by atoms with Gasteiger partial charge in [0.1, 0.15) is 5.69 Å². The van der Waals surface area contributed by atoms with Crippen LogP contribution in [0.3, 0.4) is 0 Å². The van der Waals surface area contributed by atoms with Crippen molar-refractivity contribution >= 4 is 45.5 Å². The average Bonchev–Trinajstić information content (AvgIpc) is 3.01. The molecule has 0 aliphatic rings. The third-order valence-corrected chi connectivity index (χ3v) is 4.71. The summed E-state index contributed by atoms with van der Waals surface area (Å²) in [4.78, 5) is 18.4. The van der Waals surface area contributed by atoms with Crippen LogP contribution in [0.2, 0.25) is 0 Å². The van der Waals surface area contributed by atoms with E-state index in [0.29, 0.717) is 20.8 Å². The van der Waals surface area contributed by atoms with Gasteiger partial charge in [-0.3, -0.25) is 4.79 Å². The summed E-state index contributed by atoms with van der Waals surface area (Å²) in [6.45, 7) is 1.41. The summed E-state index contributed by atoms with van der Waals surface area (Å²) in [7, 11) is 0. The van der Waals surface area contributed by atoms with Crippen LogP contribution in [0.1, 0.15) is 12.6 Å². The lowest BCUT2D eigenvalue weighted by Crippen LogP contribution is -2.08. The Balaban J connectivity index is 1.70. The van der Waals surface area contributed by atoms with Crippen LogP contribution in [0.4, 0.5) is 29.7 Å². The van der Waals surface area contributed by atoms with Crippen molar-refractivity contribution < 1.29 is 18.0 Å². The third-order valence-electron chi connectivity index (χ3n) is 2.94. The second kappa shape index (κ2) is 7.88. The Hall–Kier alpha value is -2.73. The van der Waals surface area contributed by atoms with Gasteiger partial charge in [0, 0.05) is 24.5 Å². The number of nitrogens with one attached hydrogen (secondary N) is 2. The molecule has 3 aromatic rings. The normalized spacial score (nSPS) is 11.3. The first kappa shape index (κ1) is 19.0. The van der Waals surface area contributed by atoms with Crippen LogP contribution in [-0.2, 0) is 11.0 Å². The monoisotopic (exact) mass is 412 g/mol. The van der Waals surface area contributed by atoms with Gasteiger partial charge in [-0.2, -0.15) is 13.2 Å². The Morgan fingerprint density at radius 2 is 1.96 bits per heavy atom. The maximum atomic E-state index is 12.7. The van der Waals surface area contributed by atoms with E-state index < -0.39 is 11.9 Å². The molecule has 0 spiro atoms. The summed E-state index contributed by atoms with van der Waals surface area (Å²) < 4.78 is 38.5. The summed E-state index contributed by atoms with van der Waals surface area (Å²) in [6.07, 6.45) is -3.49. The Morgan fingerprint density at radius 1 is 1.19 bits per heavy atom. The Labute approximate surface area is 159 Å². The number of rotatable bonds is 5. The molecule has 1 amide bonds. The number of benzene rings is 1. The first-order chi connectivity index (χ1) is 12.8. The maximum absolute atomic E-state index is 12.7. The van der Waals surface area contributed by atoms with E-state index in [1.54, 1.807) is 24.3 Å². The topological polar surface area (TPSA) is 92.7 Å². The van der Waals surface area contributed by atoms with Crippen molar-refractivity contribution in [3.05, 3.63) is 42.2 Å². The van der Waals surface area contributed by atoms with Gasteiger partial charge in [-0.05, 0) is 36.0 Å². The molecule has 12 heteroatoms. The number of alkyl halides is 3. The predicted molar refractivity (Wildman–Crippen MR) is 95.1 cm³/mol. The molecule has 140 valence electrons. The van der Waals surface area contributed by atoms with E-state index >= 15 is 0 Å². The number of carbonyl (C=O) groups is 1. The first-order valence-electron chi connectivity index (χ1n) is 7.36. The van der Waals surface area contributed by atoms with Crippen molar-refractivity contribution in [1.82, 2.24) is 20.2 Å². The molecule has 27 heavy (non-hydrogen) atoms. The fraction of sp³-hybridized carbons (Fsp3) is 0.133. The van der Waals surface area contributed by atoms with E-state index in [0.717, 1.165) is 35.4 Å². The molecular formula is C15H11F3N6OS2. The van der Waals surface area contributed by atoms with Crippen LogP contribution in [0.25, 0.3) is 0 Å². The number of hydrogen-bond donors (Lipinski definition) is 2. The summed E-state index contributed by atoms with van der Waals surface area (Å²) in [5.41, 5.74) is 0.269. The molecule has 2 N–H and O–H groups in total. The Bertz CT molecular complexity index is 962. The molecule has 0 aliphatic heterocycles. The summed E-state index contributed by atoms with van der Waals surface area (Å²) >= 11 is 2.02. The Kier molecular flexibility index (Phi) is 5.56. The van der Waals surface area contributed by atoms with Crippen molar-refractivity contribution in [2.24, 2.45) is 0 Å². The van der Waals surface area contributed by atoms with Gasteiger partial charge in [-0.15, -0.1) is 10.2 Å². The minimum absolute atomic E-state index is 0.0693. The van der Waals surface area contributed by atoms with Gasteiger partial charge in [0.05, 0.1) is 0 Å². The second-order valence-corrected chi connectivity index (χ2v) is 7.28. The zero-order valence-electron chi connectivity index (χ0n) is 13.6. The molecule has 0 unspecified atom stereocenters. The molecular weight excluding hydrogens is 401 g/mol. The second-order valence-electron chi connectivity index (χ2n) is 5.08. The fourth-order valence-corrected chi connectivity index (χ4v) is 3.55. The van der Waals surface area contributed by atoms with Crippen LogP contribution >= 0.6 is 23.1 Å². The maximum Gasteiger partial charge on any atom is 0.433 e. The molecule has 0 bridgehead atoms. The third kappa shape index (κ3) is 5.37. The van der Waals surface area contributed by atoms with E-state index in [9.17, 15) is 18.0 Å². The number of nitrogens with zero attached hydrogens (tertiary/aromatic N) is 4. The van der Waals surface area contributed by atoms with Gasteiger partial charge in [-0.25, -0.2) is 9.97 Å². The lowest BCUT2D eigenvalue weighted by molar-refractivity contribution is -0.141. The summed E-state index contributed by atoms with van der Waals surface area (Å²) in [5, 5.41) is 13.9. The zero-order valence-corrected chi connectivity index (χ0v) is 15.2. The van der Waals surface area contributed by atoms with Gasteiger partial charge in [0.2, 0.25) is 11.0 Å². The predicted octanol–water partition coefficient (Wildman–Crippen LogP) is 4.20. The van der Waals surface area contributed by atoms with Crippen molar-refractivity contribution in [3.8, 4) is 0 Å². The van der Waals surface area contributed by atoms with E-state index in [2.05, 4.69) is 30.8 Å². The molecule has 0 aliphatic carbocycles. The van der Waals surface area contributed by atoms with Crippen molar-refractivity contribution in [2.45, 2.75) is 22.6 Å². The molecule has 1 aromatic carbocycles. The van der Waals surface area contributed by atoms with Crippen LogP contribution in [0, 0.1) is 0 Å². The number of carbonyl (C=O) groups excluding carboxylic acids is 1. The quantitative estimate of drug-likeness (QED) is 0.607. The highest BCUT2D eigenvalue weighted by atomic mass is 32.2. The highest BCUT2D eigenvalue weighted by Gasteiger charge is 2.32. The molecule has 2 aromatic heterocycles. The van der Waals surface area contributed by atoms with E-state index in [-0.39, 0.29) is 11.1 Å². The molecule has 0 radical (unpaired) electrons.